The smallest absolute Gasteiger partial charge is 0.408 e. The number of ketones is 1. The monoisotopic (exact) mass is 402 g/mol. The summed E-state index contributed by atoms with van der Waals surface area (Å²) in [4.78, 5) is 37.1. The average Bonchev–Trinajstić information content (AvgIpc) is 2.61. The molecule has 0 heterocycles. The highest BCUT2D eigenvalue weighted by atomic mass is 35.5. The quantitative estimate of drug-likeness (QED) is 0.725. The molecule has 0 saturated heterocycles. The van der Waals surface area contributed by atoms with Crippen LogP contribution in [0.15, 0.2) is 48.5 Å². The van der Waals surface area contributed by atoms with Crippen molar-refractivity contribution in [1.82, 2.24) is 5.32 Å². The first kappa shape index (κ1) is 21.4. The largest absolute Gasteiger partial charge is 0.444 e. The van der Waals surface area contributed by atoms with Gasteiger partial charge in [-0.2, -0.15) is 0 Å². The van der Waals surface area contributed by atoms with Gasteiger partial charge in [0.2, 0.25) is 5.91 Å². The van der Waals surface area contributed by atoms with Gasteiger partial charge in [0, 0.05) is 16.1 Å². The lowest BCUT2D eigenvalue weighted by atomic mass is 10.0. The molecule has 28 heavy (non-hydrogen) atoms. The van der Waals surface area contributed by atoms with Crippen LogP contribution in [0.2, 0.25) is 5.02 Å². The van der Waals surface area contributed by atoms with E-state index < -0.39 is 23.6 Å². The summed E-state index contributed by atoms with van der Waals surface area (Å²) in [5.74, 6) is -0.763. The molecule has 7 heteroatoms. The molecule has 2 aromatic rings. The molecule has 0 saturated carbocycles. The van der Waals surface area contributed by atoms with Crippen LogP contribution in [0.25, 0.3) is 0 Å². The second-order valence-corrected chi connectivity index (χ2v) is 7.68. The van der Waals surface area contributed by atoms with E-state index in [-0.39, 0.29) is 11.3 Å². The van der Waals surface area contributed by atoms with Gasteiger partial charge in [0.1, 0.15) is 11.6 Å². The van der Waals surface area contributed by atoms with Crippen molar-refractivity contribution >= 4 is 35.1 Å². The third-order valence-electron chi connectivity index (χ3n) is 3.65. The van der Waals surface area contributed by atoms with Crippen molar-refractivity contribution in [2.45, 2.75) is 39.3 Å². The van der Waals surface area contributed by atoms with Crippen LogP contribution in [0.3, 0.4) is 0 Å². The number of amides is 2. The number of carbonyl (C=O) groups is 3. The Kier molecular flexibility index (Phi) is 6.80. The fraction of sp³-hybridized carbons (Fsp3) is 0.286. The van der Waals surface area contributed by atoms with Gasteiger partial charge in [0.25, 0.3) is 0 Å². The number of hydrogen-bond acceptors (Lipinski definition) is 4. The zero-order valence-corrected chi connectivity index (χ0v) is 17.0. The van der Waals surface area contributed by atoms with Crippen molar-refractivity contribution in [3.63, 3.8) is 0 Å². The molecule has 0 aliphatic rings. The number of halogens is 1. The number of alkyl carbamates (subject to hydrolysis) is 1. The van der Waals surface area contributed by atoms with E-state index in [2.05, 4.69) is 10.6 Å². The van der Waals surface area contributed by atoms with Crippen molar-refractivity contribution < 1.29 is 19.1 Å². The minimum absolute atomic E-state index is 0.261. The molecule has 148 valence electrons. The summed E-state index contributed by atoms with van der Waals surface area (Å²) in [5, 5.41) is 5.50. The van der Waals surface area contributed by atoms with Gasteiger partial charge >= 0.3 is 6.09 Å². The van der Waals surface area contributed by atoms with Crippen LogP contribution in [-0.2, 0) is 9.53 Å². The number of carbonyl (C=O) groups excluding carboxylic acids is 3. The summed E-state index contributed by atoms with van der Waals surface area (Å²) >= 11 is 6.04. The van der Waals surface area contributed by atoms with Crippen LogP contribution in [0, 0.1) is 0 Å². The van der Waals surface area contributed by atoms with Crippen molar-refractivity contribution in [1.29, 1.82) is 0 Å². The molecule has 0 aromatic heterocycles. The number of anilines is 1. The van der Waals surface area contributed by atoms with Crippen LogP contribution in [0.4, 0.5) is 10.5 Å². The van der Waals surface area contributed by atoms with Gasteiger partial charge in [0.15, 0.2) is 5.78 Å². The summed E-state index contributed by atoms with van der Waals surface area (Å²) in [5.41, 5.74) is 0.365. The number of hydrogen-bond donors (Lipinski definition) is 2. The van der Waals surface area contributed by atoms with Crippen LogP contribution >= 0.6 is 11.6 Å². The Hall–Kier alpha value is -2.86. The second-order valence-electron chi connectivity index (χ2n) is 7.24. The number of rotatable bonds is 5. The van der Waals surface area contributed by atoms with E-state index in [0.717, 1.165) is 0 Å². The molecule has 2 amide bonds. The fourth-order valence-electron chi connectivity index (χ4n) is 2.35. The Morgan fingerprint density at radius 2 is 1.68 bits per heavy atom. The van der Waals surface area contributed by atoms with Crippen LogP contribution in [0.1, 0.15) is 43.6 Å². The summed E-state index contributed by atoms with van der Waals surface area (Å²) in [6.45, 7) is 6.71. The van der Waals surface area contributed by atoms with Gasteiger partial charge in [-0.1, -0.05) is 41.9 Å². The molecule has 0 fully saturated rings. The van der Waals surface area contributed by atoms with Gasteiger partial charge in [-0.15, -0.1) is 0 Å². The lowest BCUT2D eigenvalue weighted by molar-refractivity contribution is -0.117. The van der Waals surface area contributed by atoms with E-state index in [1.165, 1.54) is 13.0 Å². The normalized spacial score (nSPS) is 12.0. The van der Waals surface area contributed by atoms with Crippen molar-refractivity contribution in [2.75, 3.05) is 5.32 Å². The predicted octanol–water partition coefficient (Wildman–Crippen LogP) is 4.42. The van der Waals surface area contributed by atoms with E-state index in [1.54, 1.807) is 57.2 Å². The highest BCUT2D eigenvalue weighted by Crippen LogP contribution is 2.24. The third kappa shape index (κ3) is 6.09. The highest BCUT2D eigenvalue weighted by Gasteiger charge is 2.22. The molecular weight excluding hydrogens is 380 g/mol. The first-order chi connectivity index (χ1) is 13.1. The summed E-state index contributed by atoms with van der Waals surface area (Å²) in [6.07, 6.45) is -0.702. The molecule has 0 radical (unpaired) electrons. The first-order valence-corrected chi connectivity index (χ1v) is 9.14. The Balaban J connectivity index is 2.16. The van der Waals surface area contributed by atoms with E-state index >= 15 is 0 Å². The number of nitrogens with one attached hydrogen (secondary N) is 2. The molecule has 2 rings (SSSR count). The van der Waals surface area contributed by atoms with Crippen LogP contribution in [0.5, 0.6) is 0 Å². The Labute approximate surface area is 169 Å². The topological polar surface area (TPSA) is 84.5 Å². The molecule has 6 nitrogen and oxygen atoms in total. The van der Waals surface area contributed by atoms with E-state index in [9.17, 15) is 14.4 Å². The SMILES string of the molecule is C[C@H](NC(=O)OC(C)(C)C)C(=O)Nc1ccc(Cl)cc1C(=O)c1ccccc1. The Morgan fingerprint density at radius 1 is 1.04 bits per heavy atom. The van der Waals surface area contributed by atoms with Gasteiger partial charge in [-0.05, 0) is 45.9 Å². The zero-order chi connectivity index (χ0) is 20.9. The summed E-state index contributed by atoms with van der Waals surface area (Å²) < 4.78 is 5.14. The Bertz CT molecular complexity index is 876. The minimum atomic E-state index is -0.870. The van der Waals surface area contributed by atoms with E-state index in [0.29, 0.717) is 16.3 Å². The van der Waals surface area contributed by atoms with E-state index in [4.69, 9.17) is 16.3 Å². The van der Waals surface area contributed by atoms with Crippen LogP contribution < -0.4 is 10.6 Å². The van der Waals surface area contributed by atoms with E-state index in [1.807, 2.05) is 6.07 Å². The van der Waals surface area contributed by atoms with Crippen molar-refractivity contribution in [3.05, 3.63) is 64.7 Å². The van der Waals surface area contributed by atoms with Gasteiger partial charge < -0.3 is 15.4 Å². The lowest BCUT2D eigenvalue weighted by Crippen LogP contribution is -2.44. The first-order valence-electron chi connectivity index (χ1n) is 8.76. The predicted molar refractivity (Wildman–Crippen MR) is 109 cm³/mol. The zero-order valence-electron chi connectivity index (χ0n) is 16.2. The molecule has 0 spiro atoms. The maximum atomic E-state index is 12.8. The summed E-state index contributed by atoms with van der Waals surface area (Å²) in [6, 6.07) is 12.4. The molecule has 0 bridgehead atoms. The molecule has 1 atom stereocenters. The maximum Gasteiger partial charge on any atom is 0.408 e. The second kappa shape index (κ2) is 8.89. The van der Waals surface area contributed by atoms with Crippen molar-refractivity contribution in [3.8, 4) is 0 Å². The molecule has 2 aromatic carbocycles. The van der Waals surface area contributed by atoms with Gasteiger partial charge in [-0.3, -0.25) is 9.59 Å². The van der Waals surface area contributed by atoms with Crippen molar-refractivity contribution in [2.24, 2.45) is 0 Å². The number of ether oxygens (including phenoxy) is 1. The molecular formula is C21H23ClN2O4. The fourth-order valence-corrected chi connectivity index (χ4v) is 2.52. The Morgan fingerprint density at radius 3 is 2.29 bits per heavy atom. The van der Waals surface area contributed by atoms with Gasteiger partial charge in [0.05, 0.1) is 5.69 Å². The van der Waals surface area contributed by atoms with Gasteiger partial charge in [-0.25, -0.2) is 4.79 Å². The average molecular weight is 403 g/mol. The third-order valence-corrected chi connectivity index (χ3v) is 3.88. The molecule has 0 unspecified atom stereocenters. The highest BCUT2D eigenvalue weighted by molar-refractivity contribution is 6.31. The number of benzene rings is 2. The molecule has 0 aliphatic heterocycles. The standard InChI is InChI=1S/C21H23ClN2O4/c1-13(23-20(27)28-21(2,3)4)19(26)24-17-11-10-15(22)12-16(17)18(25)14-8-6-5-7-9-14/h5-13H,1-4H3,(H,23,27)(H,24,26)/t13-/m0/s1. The minimum Gasteiger partial charge on any atom is -0.444 e. The van der Waals surface area contributed by atoms with Crippen LogP contribution in [-0.4, -0.2) is 29.4 Å². The summed E-state index contributed by atoms with van der Waals surface area (Å²) in [7, 11) is 0. The lowest BCUT2D eigenvalue weighted by Gasteiger charge is -2.22. The molecule has 0 aliphatic carbocycles. The maximum absolute atomic E-state index is 12.8. The molecule has 2 N–H and O–H groups in total.